The van der Waals surface area contributed by atoms with Crippen molar-refractivity contribution in [1.29, 1.82) is 0 Å². The maximum atomic E-state index is 10.8. The van der Waals surface area contributed by atoms with Crippen molar-refractivity contribution in [2.24, 2.45) is 0 Å². The van der Waals surface area contributed by atoms with Gasteiger partial charge in [-0.3, -0.25) is 4.79 Å². The molecule has 0 spiro atoms. The van der Waals surface area contributed by atoms with Crippen molar-refractivity contribution in [2.45, 2.75) is 39.7 Å². The third kappa shape index (κ3) is 3.94. The predicted octanol–water partition coefficient (Wildman–Crippen LogP) is 1.68. The second kappa shape index (κ2) is 3.67. The normalized spacial score (nSPS) is 15.4. The van der Waals surface area contributed by atoms with Crippen molar-refractivity contribution in [3.8, 4) is 0 Å². The molecule has 0 bridgehead atoms. The van der Waals surface area contributed by atoms with Crippen LogP contribution in [-0.4, -0.2) is 16.5 Å². The maximum absolute atomic E-state index is 10.8. The van der Waals surface area contributed by atoms with E-state index >= 15 is 0 Å². The first-order chi connectivity index (χ1) is 4.86. The van der Waals surface area contributed by atoms with Crippen LogP contribution in [0.15, 0.2) is 11.6 Å². The van der Waals surface area contributed by atoms with Crippen molar-refractivity contribution in [2.75, 3.05) is 0 Å². The molecule has 2 nitrogen and oxygen atoms in total. The van der Waals surface area contributed by atoms with Crippen molar-refractivity contribution < 1.29 is 9.90 Å². The van der Waals surface area contributed by atoms with Gasteiger partial charge in [0, 0.05) is 6.42 Å². The molecule has 0 aromatic rings. The molecule has 0 amide bonds. The minimum atomic E-state index is -1.18. The minimum absolute atomic E-state index is 0.185. The SMILES string of the molecule is CC(=O)C(C)(O)CC=C(C)C. The molecule has 0 fully saturated rings. The summed E-state index contributed by atoms with van der Waals surface area (Å²) in [4.78, 5) is 10.8. The molecule has 1 N–H and O–H groups in total. The second-order valence-corrected chi connectivity index (χ2v) is 3.32. The van der Waals surface area contributed by atoms with Crippen molar-refractivity contribution in [3.05, 3.63) is 11.6 Å². The molecule has 0 saturated carbocycles. The zero-order valence-corrected chi connectivity index (χ0v) is 7.64. The second-order valence-electron chi connectivity index (χ2n) is 3.32. The van der Waals surface area contributed by atoms with E-state index in [1.807, 2.05) is 19.9 Å². The molecule has 0 aliphatic rings. The van der Waals surface area contributed by atoms with Crippen LogP contribution in [0.25, 0.3) is 0 Å². The van der Waals surface area contributed by atoms with Crippen LogP contribution in [0.3, 0.4) is 0 Å². The Balaban J connectivity index is 4.14. The summed E-state index contributed by atoms with van der Waals surface area (Å²) in [7, 11) is 0. The first-order valence-electron chi connectivity index (χ1n) is 3.73. The standard InChI is InChI=1S/C9H16O2/c1-7(2)5-6-9(4,11)8(3)10/h5,11H,6H2,1-4H3. The summed E-state index contributed by atoms with van der Waals surface area (Å²) in [6.45, 7) is 6.82. The number of hydrogen-bond donors (Lipinski definition) is 1. The van der Waals surface area contributed by atoms with E-state index in [0.29, 0.717) is 6.42 Å². The number of hydrogen-bond acceptors (Lipinski definition) is 2. The van der Waals surface area contributed by atoms with Gasteiger partial charge < -0.3 is 5.11 Å². The summed E-state index contributed by atoms with van der Waals surface area (Å²) in [5.74, 6) is -0.185. The van der Waals surface area contributed by atoms with Gasteiger partial charge in [-0.05, 0) is 27.7 Å². The van der Waals surface area contributed by atoms with Crippen LogP contribution in [-0.2, 0) is 4.79 Å². The molecular weight excluding hydrogens is 140 g/mol. The van der Waals surface area contributed by atoms with Gasteiger partial charge in [0.25, 0.3) is 0 Å². The van der Waals surface area contributed by atoms with E-state index in [0.717, 1.165) is 5.57 Å². The molecule has 0 radical (unpaired) electrons. The third-order valence-electron chi connectivity index (χ3n) is 1.67. The van der Waals surface area contributed by atoms with Crippen LogP contribution in [0.2, 0.25) is 0 Å². The highest BCUT2D eigenvalue weighted by Crippen LogP contribution is 2.12. The number of carbonyl (C=O) groups excluding carboxylic acids is 1. The summed E-state index contributed by atoms with van der Waals surface area (Å²) in [6.07, 6.45) is 2.27. The van der Waals surface area contributed by atoms with Gasteiger partial charge in [-0.15, -0.1) is 0 Å². The van der Waals surface area contributed by atoms with Gasteiger partial charge in [0.1, 0.15) is 5.60 Å². The lowest BCUT2D eigenvalue weighted by atomic mass is 9.97. The predicted molar refractivity (Wildman–Crippen MR) is 45.4 cm³/mol. The van der Waals surface area contributed by atoms with E-state index in [9.17, 15) is 9.90 Å². The summed E-state index contributed by atoms with van der Waals surface area (Å²) < 4.78 is 0. The lowest BCUT2D eigenvalue weighted by Crippen LogP contribution is -2.32. The summed E-state index contributed by atoms with van der Waals surface area (Å²) in [6, 6.07) is 0. The zero-order chi connectivity index (χ0) is 9.07. The van der Waals surface area contributed by atoms with E-state index in [4.69, 9.17) is 0 Å². The lowest BCUT2D eigenvalue weighted by Gasteiger charge is -2.17. The van der Waals surface area contributed by atoms with E-state index in [-0.39, 0.29) is 5.78 Å². The Kier molecular flexibility index (Phi) is 3.46. The average Bonchev–Trinajstić information content (AvgIpc) is 1.84. The molecule has 0 aromatic carbocycles. The molecule has 1 unspecified atom stereocenters. The summed E-state index contributed by atoms with van der Waals surface area (Å²) in [5.41, 5.74) is -0.0661. The molecule has 0 rings (SSSR count). The monoisotopic (exact) mass is 156 g/mol. The summed E-state index contributed by atoms with van der Waals surface area (Å²) in [5, 5.41) is 9.45. The first kappa shape index (κ1) is 10.4. The van der Waals surface area contributed by atoms with Crippen LogP contribution in [0.5, 0.6) is 0 Å². The molecule has 0 aliphatic heterocycles. The molecular formula is C9H16O2. The highest BCUT2D eigenvalue weighted by molar-refractivity contribution is 5.84. The fourth-order valence-corrected chi connectivity index (χ4v) is 0.547. The van der Waals surface area contributed by atoms with Gasteiger partial charge in [-0.2, -0.15) is 0 Å². The average molecular weight is 156 g/mol. The van der Waals surface area contributed by atoms with Gasteiger partial charge in [-0.25, -0.2) is 0 Å². The van der Waals surface area contributed by atoms with Crippen LogP contribution in [0.1, 0.15) is 34.1 Å². The Bertz CT molecular complexity index is 174. The third-order valence-corrected chi connectivity index (χ3v) is 1.67. The van der Waals surface area contributed by atoms with Crippen molar-refractivity contribution in [1.82, 2.24) is 0 Å². The number of Topliss-reactive ketones (excluding diaryl/α,β-unsaturated/α-hetero) is 1. The van der Waals surface area contributed by atoms with E-state index in [1.165, 1.54) is 13.8 Å². The van der Waals surface area contributed by atoms with Crippen LogP contribution in [0, 0.1) is 0 Å². The molecule has 0 saturated heterocycles. The lowest BCUT2D eigenvalue weighted by molar-refractivity contribution is -0.133. The Hall–Kier alpha value is -0.630. The van der Waals surface area contributed by atoms with Gasteiger partial charge in [0.2, 0.25) is 0 Å². The van der Waals surface area contributed by atoms with E-state index < -0.39 is 5.60 Å². The van der Waals surface area contributed by atoms with Crippen molar-refractivity contribution in [3.63, 3.8) is 0 Å². The molecule has 0 aliphatic carbocycles. The number of rotatable bonds is 3. The molecule has 0 aromatic heterocycles. The van der Waals surface area contributed by atoms with E-state index in [1.54, 1.807) is 0 Å². The van der Waals surface area contributed by atoms with E-state index in [2.05, 4.69) is 0 Å². The Labute approximate surface area is 67.9 Å². The Morgan fingerprint density at radius 3 is 2.18 bits per heavy atom. The van der Waals surface area contributed by atoms with Gasteiger partial charge in [0.05, 0.1) is 0 Å². The number of aliphatic hydroxyl groups is 1. The number of allylic oxidation sites excluding steroid dienone is 1. The fourth-order valence-electron chi connectivity index (χ4n) is 0.547. The Morgan fingerprint density at radius 1 is 1.45 bits per heavy atom. The topological polar surface area (TPSA) is 37.3 Å². The van der Waals surface area contributed by atoms with Crippen LogP contribution in [0.4, 0.5) is 0 Å². The molecule has 1 atom stereocenters. The van der Waals surface area contributed by atoms with Gasteiger partial charge >= 0.3 is 0 Å². The van der Waals surface area contributed by atoms with Crippen LogP contribution < -0.4 is 0 Å². The molecule has 0 heterocycles. The number of ketones is 1. The van der Waals surface area contributed by atoms with Crippen molar-refractivity contribution >= 4 is 5.78 Å². The Morgan fingerprint density at radius 2 is 1.91 bits per heavy atom. The smallest absolute Gasteiger partial charge is 0.161 e. The van der Waals surface area contributed by atoms with Gasteiger partial charge in [-0.1, -0.05) is 11.6 Å². The zero-order valence-electron chi connectivity index (χ0n) is 7.64. The molecule has 64 valence electrons. The summed E-state index contributed by atoms with van der Waals surface area (Å²) >= 11 is 0. The minimum Gasteiger partial charge on any atom is -0.382 e. The molecule has 2 heteroatoms. The highest BCUT2D eigenvalue weighted by atomic mass is 16.3. The van der Waals surface area contributed by atoms with Gasteiger partial charge in [0.15, 0.2) is 5.78 Å². The largest absolute Gasteiger partial charge is 0.382 e. The fraction of sp³-hybridized carbons (Fsp3) is 0.667. The highest BCUT2D eigenvalue weighted by Gasteiger charge is 2.24. The maximum Gasteiger partial charge on any atom is 0.161 e. The first-order valence-corrected chi connectivity index (χ1v) is 3.73. The molecule has 11 heavy (non-hydrogen) atoms. The van der Waals surface area contributed by atoms with Crippen LogP contribution >= 0.6 is 0 Å². The number of carbonyl (C=O) groups is 1. The quantitative estimate of drug-likeness (QED) is 0.631.